The molecule has 0 aromatic heterocycles. The summed E-state index contributed by atoms with van der Waals surface area (Å²) in [6.45, 7) is 2.65. The van der Waals surface area contributed by atoms with Crippen LogP contribution >= 0.6 is 0 Å². The molecular formula is C16H25N3O. The zero-order chi connectivity index (χ0) is 14.3. The number of carbonyl (C=O) groups is 1. The molecule has 0 radical (unpaired) electrons. The molecule has 4 heteroatoms. The normalized spacial score (nSPS) is 39.4. The molecule has 0 saturated heterocycles. The maximum atomic E-state index is 12.2. The highest BCUT2D eigenvalue weighted by atomic mass is 16.2. The van der Waals surface area contributed by atoms with Gasteiger partial charge in [-0.1, -0.05) is 0 Å². The van der Waals surface area contributed by atoms with Crippen LogP contribution in [-0.4, -0.2) is 29.9 Å². The molecule has 4 rings (SSSR count). The second-order valence-corrected chi connectivity index (χ2v) is 7.56. The molecule has 20 heavy (non-hydrogen) atoms. The smallest absolute Gasteiger partial charge is 0.240 e. The lowest BCUT2D eigenvalue weighted by Gasteiger charge is -2.57. The van der Waals surface area contributed by atoms with Gasteiger partial charge in [0.1, 0.15) is 6.54 Å². The maximum absolute atomic E-state index is 12.2. The van der Waals surface area contributed by atoms with E-state index in [1.165, 1.54) is 38.5 Å². The standard InChI is InChI=1S/C16H25N3O/c1-11(18)15(20)19(3-2-17)10-16-7-12-4-13(8-16)6-14(5-12)9-16/h11-14H,3-10,18H2,1H3. The number of nitriles is 1. The highest BCUT2D eigenvalue weighted by Crippen LogP contribution is 2.60. The first-order chi connectivity index (χ1) is 9.51. The van der Waals surface area contributed by atoms with Crippen molar-refractivity contribution in [2.24, 2.45) is 28.9 Å². The summed E-state index contributed by atoms with van der Waals surface area (Å²) in [5.74, 6) is 2.55. The molecule has 1 unspecified atom stereocenters. The van der Waals surface area contributed by atoms with E-state index in [0.717, 1.165) is 24.3 Å². The average Bonchev–Trinajstić information content (AvgIpc) is 2.35. The first kappa shape index (κ1) is 13.9. The molecule has 1 amide bonds. The minimum atomic E-state index is -0.503. The molecule has 110 valence electrons. The summed E-state index contributed by atoms with van der Waals surface area (Å²) in [6, 6.07) is 1.63. The zero-order valence-corrected chi connectivity index (χ0v) is 12.3. The van der Waals surface area contributed by atoms with Gasteiger partial charge in [0.15, 0.2) is 0 Å². The van der Waals surface area contributed by atoms with Crippen molar-refractivity contribution in [3.05, 3.63) is 0 Å². The van der Waals surface area contributed by atoms with Gasteiger partial charge in [-0.2, -0.15) is 5.26 Å². The van der Waals surface area contributed by atoms with Gasteiger partial charge in [0.2, 0.25) is 5.91 Å². The second-order valence-electron chi connectivity index (χ2n) is 7.56. The Morgan fingerprint density at radius 1 is 1.30 bits per heavy atom. The van der Waals surface area contributed by atoms with Crippen molar-refractivity contribution in [2.75, 3.05) is 13.1 Å². The molecule has 4 fully saturated rings. The van der Waals surface area contributed by atoms with E-state index < -0.39 is 6.04 Å². The summed E-state index contributed by atoms with van der Waals surface area (Å²) in [4.78, 5) is 13.9. The van der Waals surface area contributed by atoms with Crippen molar-refractivity contribution < 1.29 is 4.79 Å². The molecule has 0 heterocycles. The topological polar surface area (TPSA) is 70.1 Å². The minimum absolute atomic E-state index is 0.0673. The lowest BCUT2D eigenvalue weighted by molar-refractivity contribution is -0.137. The molecular weight excluding hydrogens is 250 g/mol. The van der Waals surface area contributed by atoms with Crippen molar-refractivity contribution >= 4 is 5.91 Å². The van der Waals surface area contributed by atoms with E-state index >= 15 is 0 Å². The number of nitrogens with zero attached hydrogens (tertiary/aromatic N) is 2. The molecule has 0 aromatic rings. The maximum Gasteiger partial charge on any atom is 0.240 e. The third-order valence-corrected chi connectivity index (χ3v) is 5.65. The molecule has 4 aliphatic carbocycles. The van der Waals surface area contributed by atoms with Crippen molar-refractivity contribution in [3.63, 3.8) is 0 Å². The summed E-state index contributed by atoms with van der Waals surface area (Å²) in [5.41, 5.74) is 6.02. The van der Waals surface area contributed by atoms with Gasteiger partial charge in [-0.05, 0) is 68.6 Å². The first-order valence-electron chi connectivity index (χ1n) is 7.93. The molecule has 0 aromatic carbocycles. The molecule has 4 aliphatic rings. The number of hydrogen-bond donors (Lipinski definition) is 1. The highest BCUT2D eigenvalue weighted by Gasteiger charge is 2.51. The summed E-state index contributed by atoms with van der Waals surface area (Å²) in [6.07, 6.45) is 7.98. The van der Waals surface area contributed by atoms with E-state index in [2.05, 4.69) is 6.07 Å². The van der Waals surface area contributed by atoms with E-state index in [1.807, 2.05) is 0 Å². The van der Waals surface area contributed by atoms with Crippen LogP contribution in [0.25, 0.3) is 0 Å². The van der Waals surface area contributed by atoms with Crippen LogP contribution < -0.4 is 5.73 Å². The molecule has 0 spiro atoms. The molecule has 1 atom stereocenters. The first-order valence-corrected chi connectivity index (χ1v) is 7.93. The Morgan fingerprint density at radius 2 is 1.80 bits per heavy atom. The Bertz CT molecular complexity index is 402. The molecule has 2 N–H and O–H groups in total. The van der Waals surface area contributed by atoms with Crippen LogP contribution in [0.3, 0.4) is 0 Å². The van der Waals surface area contributed by atoms with Crippen LogP contribution in [0.15, 0.2) is 0 Å². The Kier molecular flexibility index (Phi) is 3.50. The predicted molar refractivity (Wildman–Crippen MR) is 76.4 cm³/mol. The largest absolute Gasteiger partial charge is 0.327 e. The van der Waals surface area contributed by atoms with Crippen LogP contribution in [0.2, 0.25) is 0 Å². The number of amides is 1. The summed E-state index contributed by atoms with van der Waals surface area (Å²) >= 11 is 0. The van der Waals surface area contributed by atoms with E-state index in [0.29, 0.717) is 0 Å². The van der Waals surface area contributed by atoms with E-state index in [1.54, 1.807) is 11.8 Å². The van der Waals surface area contributed by atoms with Gasteiger partial charge >= 0.3 is 0 Å². The highest BCUT2D eigenvalue weighted by molar-refractivity contribution is 5.81. The molecule has 0 aliphatic heterocycles. The van der Waals surface area contributed by atoms with Crippen LogP contribution in [0.1, 0.15) is 45.4 Å². The average molecular weight is 275 g/mol. The zero-order valence-electron chi connectivity index (χ0n) is 12.3. The number of carbonyl (C=O) groups excluding carboxylic acids is 1. The van der Waals surface area contributed by atoms with Gasteiger partial charge in [0.25, 0.3) is 0 Å². The van der Waals surface area contributed by atoms with Crippen LogP contribution in [0.4, 0.5) is 0 Å². The minimum Gasteiger partial charge on any atom is -0.327 e. The van der Waals surface area contributed by atoms with Gasteiger partial charge in [0.05, 0.1) is 12.1 Å². The van der Waals surface area contributed by atoms with Crippen molar-refractivity contribution in [1.82, 2.24) is 4.90 Å². The Balaban J connectivity index is 1.75. The molecule has 4 bridgehead atoms. The fraction of sp³-hybridized carbons (Fsp3) is 0.875. The number of hydrogen-bond acceptors (Lipinski definition) is 3. The third kappa shape index (κ3) is 2.44. The van der Waals surface area contributed by atoms with Gasteiger partial charge in [-0.15, -0.1) is 0 Å². The lowest BCUT2D eigenvalue weighted by atomic mass is 9.49. The third-order valence-electron chi connectivity index (χ3n) is 5.65. The summed E-state index contributed by atoms with van der Waals surface area (Å²) < 4.78 is 0. The number of rotatable bonds is 4. The summed E-state index contributed by atoms with van der Waals surface area (Å²) in [5, 5.41) is 9.00. The Hall–Kier alpha value is -1.08. The SMILES string of the molecule is CC(N)C(=O)N(CC#N)CC12CC3CC(CC(C3)C1)C2. The quantitative estimate of drug-likeness (QED) is 0.797. The fourth-order valence-corrected chi connectivity index (χ4v) is 5.47. The van der Waals surface area contributed by atoms with E-state index in [9.17, 15) is 4.79 Å². The summed E-state index contributed by atoms with van der Waals surface area (Å²) in [7, 11) is 0. The fourth-order valence-electron chi connectivity index (χ4n) is 5.47. The van der Waals surface area contributed by atoms with Gasteiger partial charge in [-0.3, -0.25) is 4.79 Å². The van der Waals surface area contributed by atoms with E-state index in [4.69, 9.17) is 11.0 Å². The van der Waals surface area contributed by atoms with Crippen LogP contribution in [0.5, 0.6) is 0 Å². The van der Waals surface area contributed by atoms with Crippen LogP contribution in [0, 0.1) is 34.5 Å². The van der Waals surface area contributed by atoms with Gasteiger partial charge in [0, 0.05) is 6.54 Å². The van der Waals surface area contributed by atoms with Crippen molar-refractivity contribution in [1.29, 1.82) is 5.26 Å². The second kappa shape index (κ2) is 5.04. The monoisotopic (exact) mass is 275 g/mol. The molecule has 4 nitrogen and oxygen atoms in total. The lowest BCUT2D eigenvalue weighted by Crippen LogP contribution is -2.54. The van der Waals surface area contributed by atoms with Crippen LogP contribution in [-0.2, 0) is 4.79 Å². The van der Waals surface area contributed by atoms with E-state index in [-0.39, 0.29) is 17.9 Å². The van der Waals surface area contributed by atoms with Crippen molar-refractivity contribution in [2.45, 2.75) is 51.5 Å². The van der Waals surface area contributed by atoms with Gasteiger partial charge < -0.3 is 10.6 Å². The Labute approximate surface area is 121 Å². The Morgan fingerprint density at radius 3 is 2.20 bits per heavy atom. The van der Waals surface area contributed by atoms with Crippen molar-refractivity contribution in [3.8, 4) is 6.07 Å². The predicted octanol–water partition coefficient (Wildman–Crippen LogP) is 1.90. The number of nitrogens with two attached hydrogens (primary N) is 1. The van der Waals surface area contributed by atoms with Gasteiger partial charge in [-0.25, -0.2) is 0 Å². The molecule has 4 saturated carbocycles.